The highest BCUT2D eigenvalue weighted by molar-refractivity contribution is 9.10. The van der Waals surface area contributed by atoms with Gasteiger partial charge in [-0.3, -0.25) is 4.79 Å². The molecule has 1 aromatic rings. The minimum Gasteiger partial charge on any atom is -0.481 e. The summed E-state index contributed by atoms with van der Waals surface area (Å²) < 4.78 is 26.8. The maximum absolute atomic E-state index is 12.4. The van der Waals surface area contributed by atoms with Gasteiger partial charge in [-0.25, -0.2) is 8.42 Å². The number of carbonyl (C=O) groups is 1. The molecule has 19 heavy (non-hydrogen) atoms. The largest absolute Gasteiger partial charge is 0.481 e. The Morgan fingerprint density at radius 3 is 2.37 bits per heavy atom. The first kappa shape index (κ1) is 14.5. The van der Waals surface area contributed by atoms with Gasteiger partial charge in [-0.1, -0.05) is 22.9 Å². The monoisotopic (exact) mass is 347 g/mol. The molecule has 1 saturated heterocycles. The van der Waals surface area contributed by atoms with Gasteiger partial charge in [0.25, 0.3) is 0 Å². The number of hydrogen-bond donors (Lipinski definition) is 1. The lowest BCUT2D eigenvalue weighted by atomic mass is 9.99. The van der Waals surface area contributed by atoms with Gasteiger partial charge in [0.2, 0.25) is 10.0 Å². The van der Waals surface area contributed by atoms with Crippen molar-refractivity contribution in [1.82, 2.24) is 4.31 Å². The third kappa shape index (κ3) is 2.82. The van der Waals surface area contributed by atoms with E-state index in [4.69, 9.17) is 5.11 Å². The van der Waals surface area contributed by atoms with Gasteiger partial charge in [0.05, 0.1) is 10.8 Å². The zero-order valence-corrected chi connectivity index (χ0v) is 12.7. The molecule has 0 aliphatic carbocycles. The maximum Gasteiger partial charge on any atom is 0.308 e. The molecular formula is C12H14BrNO4S. The summed E-state index contributed by atoms with van der Waals surface area (Å²) in [5.41, 5.74) is 0. The van der Waals surface area contributed by atoms with Crippen molar-refractivity contribution in [2.75, 3.05) is 13.1 Å². The molecule has 7 heteroatoms. The minimum absolute atomic E-state index is 0.0366. The first-order chi connectivity index (χ1) is 8.82. The second-order valence-corrected chi connectivity index (χ2v) is 7.55. The van der Waals surface area contributed by atoms with Gasteiger partial charge in [-0.15, -0.1) is 0 Å². The summed E-state index contributed by atoms with van der Waals surface area (Å²) in [5, 5.41) is 9.05. The lowest BCUT2D eigenvalue weighted by molar-refractivity contribution is -0.142. The normalized spacial score (nSPS) is 24.5. The average Bonchev–Trinajstić information content (AvgIpc) is 2.72. The van der Waals surface area contributed by atoms with E-state index in [0.717, 1.165) is 4.47 Å². The third-order valence-corrected chi connectivity index (χ3v) is 5.72. The Morgan fingerprint density at radius 2 is 1.89 bits per heavy atom. The standard InChI is InChI=1S/C12H14BrNO4S/c1-8-6-14(7-11(8)12(15)16)19(17,18)10-4-2-9(13)3-5-10/h2-5,8,11H,6-7H2,1H3,(H,15,16)/t8-,11-/m1/s1. The molecule has 0 radical (unpaired) electrons. The zero-order chi connectivity index (χ0) is 14.2. The molecule has 104 valence electrons. The summed E-state index contributed by atoms with van der Waals surface area (Å²) in [5.74, 6) is -1.76. The summed E-state index contributed by atoms with van der Waals surface area (Å²) in [6.07, 6.45) is 0. The van der Waals surface area contributed by atoms with Gasteiger partial charge in [-0.05, 0) is 30.2 Å². The fraction of sp³-hybridized carbons (Fsp3) is 0.417. The molecular weight excluding hydrogens is 334 g/mol. The van der Waals surface area contributed by atoms with Gasteiger partial charge in [0.15, 0.2) is 0 Å². The van der Waals surface area contributed by atoms with Crippen LogP contribution < -0.4 is 0 Å². The summed E-state index contributed by atoms with van der Waals surface area (Å²) in [4.78, 5) is 11.2. The van der Waals surface area contributed by atoms with E-state index in [1.54, 1.807) is 19.1 Å². The van der Waals surface area contributed by atoms with Crippen LogP contribution in [-0.4, -0.2) is 36.9 Å². The molecule has 1 N–H and O–H groups in total. The van der Waals surface area contributed by atoms with E-state index < -0.39 is 21.9 Å². The summed E-state index contributed by atoms with van der Waals surface area (Å²) in [6.45, 7) is 2.04. The second kappa shape index (κ2) is 5.22. The van der Waals surface area contributed by atoms with Crippen LogP contribution >= 0.6 is 15.9 Å². The van der Waals surface area contributed by atoms with Gasteiger partial charge in [0, 0.05) is 17.6 Å². The molecule has 1 aliphatic rings. The van der Waals surface area contributed by atoms with Gasteiger partial charge < -0.3 is 5.11 Å². The van der Waals surface area contributed by atoms with Crippen molar-refractivity contribution < 1.29 is 18.3 Å². The van der Waals surface area contributed by atoms with E-state index >= 15 is 0 Å². The number of rotatable bonds is 3. The van der Waals surface area contributed by atoms with Crippen LogP contribution in [0.4, 0.5) is 0 Å². The molecule has 1 aromatic carbocycles. The third-order valence-electron chi connectivity index (χ3n) is 3.35. The van der Waals surface area contributed by atoms with Gasteiger partial charge in [0.1, 0.15) is 0 Å². The van der Waals surface area contributed by atoms with Crippen molar-refractivity contribution in [2.45, 2.75) is 11.8 Å². The molecule has 0 spiro atoms. The Labute approximate surface area is 120 Å². The minimum atomic E-state index is -3.61. The van der Waals surface area contributed by atoms with Crippen LogP contribution in [0.5, 0.6) is 0 Å². The van der Waals surface area contributed by atoms with E-state index in [1.165, 1.54) is 16.4 Å². The van der Waals surface area contributed by atoms with Crippen molar-refractivity contribution in [1.29, 1.82) is 0 Å². The molecule has 2 atom stereocenters. The number of carboxylic acid groups (broad SMARTS) is 1. The molecule has 1 fully saturated rings. The Kier molecular flexibility index (Phi) is 3.98. The molecule has 0 amide bonds. The van der Waals surface area contributed by atoms with Crippen LogP contribution in [0.2, 0.25) is 0 Å². The molecule has 0 bridgehead atoms. The van der Waals surface area contributed by atoms with Crippen LogP contribution in [0, 0.1) is 11.8 Å². The van der Waals surface area contributed by atoms with E-state index in [1.807, 2.05) is 0 Å². The number of sulfonamides is 1. The second-order valence-electron chi connectivity index (χ2n) is 4.70. The fourth-order valence-corrected chi connectivity index (χ4v) is 4.03. The van der Waals surface area contributed by atoms with E-state index in [-0.39, 0.29) is 23.9 Å². The lowest BCUT2D eigenvalue weighted by Gasteiger charge is -2.16. The van der Waals surface area contributed by atoms with Crippen LogP contribution in [0.3, 0.4) is 0 Å². The van der Waals surface area contributed by atoms with Crippen molar-refractivity contribution >= 4 is 31.9 Å². The zero-order valence-electron chi connectivity index (χ0n) is 10.3. The number of aliphatic carboxylic acids is 1. The number of hydrogen-bond acceptors (Lipinski definition) is 3. The first-order valence-corrected chi connectivity index (χ1v) is 8.04. The predicted octanol–water partition coefficient (Wildman–Crippen LogP) is 1.79. The van der Waals surface area contributed by atoms with Crippen molar-refractivity contribution in [3.05, 3.63) is 28.7 Å². The molecule has 2 rings (SSSR count). The molecule has 1 aliphatic heterocycles. The summed E-state index contributed by atoms with van der Waals surface area (Å²) >= 11 is 3.25. The fourth-order valence-electron chi connectivity index (χ4n) is 2.20. The number of benzene rings is 1. The Hall–Kier alpha value is -0.920. The van der Waals surface area contributed by atoms with Gasteiger partial charge >= 0.3 is 5.97 Å². The van der Waals surface area contributed by atoms with Crippen LogP contribution in [0.15, 0.2) is 33.6 Å². The maximum atomic E-state index is 12.4. The highest BCUT2D eigenvalue weighted by Crippen LogP contribution is 2.29. The van der Waals surface area contributed by atoms with Gasteiger partial charge in [-0.2, -0.15) is 4.31 Å². The number of carboxylic acids is 1. The molecule has 0 saturated carbocycles. The van der Waals surface area contributed by atoms with E-state index in [9.17, 15) is 13.2 Å². The van der Waals surface area contributed by atoms with E-state index in [0.29, 0.717) is 0 Å². The Balaban J connectivity index is 2.27. The Morgan fingerprint density at radius 1 is 1.32 bits per heavy atom. The molecule has 0 aromatic heterocycles. The van der Waals surface area contributed by atoms with Crippen molar-refractivity contribution in [2.24, 2.45) is 11.8 Å². The number of halogens is 1. The highest BCUT2D eigenvalue weighted by atomic mass is 79.9. The van der Waals surface area contributed by atoms with Crippen LogP contribution in [0.25, 0.3) is 0 Å². The van der Waals surface area contributed by atoms with E-state index in [2.05, 4.69) is 15.9 Å². The quantitative estimate of drug-likeness (QED) is 0.904. The molecule has 0 unspecified atom stereocenters. The smallest absolute Gasteiger partial charge is 0.308 e. The summed E-state index contributed by atoms with van der Waals surface area (Å²) in [7, 11) is -3.61. The van der Waals surface area contributed by atoms with Crippen LogP contribution in [-0.2, 0) is 14.8 Å². The lowest BCUT2D eigenvalue weighted by Crippen LogP contribution is -2.30. The average molecular weight is 348 g/mol. The SMILES string of the molecule is C[C@@H]1CN(S(=O)(=O)c2ccc(Br)cc2)C[C@H]1C(=O)O. The van der Waals surface area contributed by atoms with Crippen molar-refractivity contribution in [3.8, 4) is 0 Å². The topological polar surface area (TPSA) is 74.7 Å². The number of nitrogens with zero attached hydrogens (tertiary/aromatic N) is 1. The summed E-state index contributed by atoms with van der Waals surface area (Å²) in [6, 6.07) is 6.33. The van der Waals surface area contributed by atoms with Crippen LogP contribution in [0.1, 0.15) is 6.92 Å². The highest BCUT2D eigenvalue weighted by Gasteiger charge is 2.40. The Bertz CT molecular complexity index is 584. The predicted molar refractivity (Wildman–Crippen MR) is 73.2 cm³/mol. The van der Waals surface area contributed by atoms with Crippen molar-refractivity contribution in [3.63, 3.8) is 0 Å². The molecule has 1 heterocycles. The molecule has 5 nitrogen and oxygen atoms in total. The first-order valence-electron chi connectivity index (χ1n) is 5.81.